The summed E-state index contributed by atoms with van der Waals surface area (Å²) >= 11 is 0. The molecule has 1 atom stereocenters. The number of halogens is 2. The van der Waals surface area contributed by atoms with Gasteiger partial charge in [0.2, 0.25) is 0 Å². The quantitative estimate of drug-likeness (QED) is 0.887. The number of nitrogens with one attached hydrogen (secondary N) is 1. The smallest absolute Gasteiger partial charge is 0.126 e. The number of nitrogens with zero attached hydrogens (tertiary/aromatic N) is 1. The maximum atomic E-state index is 13.2. The molecule has 106 valence electrons. The molecule has 0 radical (unpaired) electrons. The molecule has 0 amide bonds. The van der Waals surface area contributed by atoms with E-state index in [1.165, 1.54) is 12.1 Å². The van der Waals surface area contributed by atoms with Gasteiger partial charge in [-0.3, -0.25) is 4.90 Å². The summed E-state index contributed by atoms with van der Waals surface area (Å²) in [7, 11) is 0. The molecular weight excluding hydrogens is 246 g/mol. The number of benzene rings is 1. The molecule has 1 aliphatic rings. The molecule has 0 bridgehead atoms. The zero-order valence-electron chi connectivity index (χ0n) is 11.8. The first-order chi connectivity index (χ1) is 8.86. The largest absolute Gasteiger partial charge is 0.314 e. The fraction of sp³-hybridized carbons (Fsp3) is 0.600. The Kier molecular flexibility index (Phi) is 4.21. The molecule has 2 rings (SSSR count). The normalized spacial score (nSPS) is 21.6. The van der Waals surface area contributed by atoms with E-state index in [1.807, 2.05) is 0 Å². The van der Waals surface area contributed by atoms with Gasteiger partial charge in [0.05, 0.1) is 0 Å². The maximum Gasteiger partial charge on any atom is 0.126 e. The average molecular weight is 268 g/mol. The van der Waals surface area contributed by atoms with Gasteiger partial charge in [-0.2, -0.15) is 0 Å². The van der Waals surface area contributed by atoms with Gasteiger partial charge in [-0.15, -0.1) is 0 Å². The number of rotatable bonds is 2. The maximum absolute atomic E-state index is 13.2. The summed E-state index contributed by atoms with van der Waals surface area (Å²) in [6.07, 6.45) is 0. The number of piperazine rings is 1. The second-order valence-electron chi connectivity index (χ2n) is 6.33. The van der Waals surface area contributed by atoms with E-state index in [-0.39, 0.29) is 5.41 Å². The van der Waals surface area contributed by atoms with Gasteiger partial charge >= 0.3 is 0 Å². The molecule has 1 unspecified atom stereocenters. The lowest BCUT2D eigenvalue weighted by molar-refractivity contribution is 0.0688. The number of hydrogen-bond donors (Lipinski definition) is 1. The van der Waals surface area contributed by atoms with Crippen LogP contribution in [0, 0.1) is 17.0 Å². The van der Waals surface area contributed by atoms with Crippen molar-refractivity contribution >= 4 is 0 Å². The summed E-state index contributed by atoms with van der Waals surface area (Å²) in [5.74, 6) is -1.00. The Morgan fingerprint density at radius 1 is 1.21 bits per heavy atom. The standard InChI is InChI=1S/C15H22F2N2/c1-15(2,3)14-9-18-4-5-19(14)10-11-6-12(16)8-13(17)7-11/h6-8,14,18H,4-5,9-10H2,1-3H3. The zero-order valence-corrected chi connectivity index (χ0v) is 11.8. The third kappa shape index (κ3) is 3.74. The molecule has 1 aliphatic heterocycles. The first-order valence-corrected chi connectivity index (χ1v) is 6.76. The van der Waals surface area contributed by atoms with Gasteiger partial charge in [0, 0.05) is 38.3 Å². The van der Waals surface area contributed by atoms with Crippen molar-refractivity contribution in [1.82, 2.24) is 10.2 Å². The van der Waals surface area contributed by atoms with E-state index in [9.17, 15) is 8.78 Å². The summed E-state index contributed by atoms with van der Waals surface area (Å²) in [4.78, 5) is 2.31. The van der Waals surface area contributed by atoms with Gasteiger partial charge in [0.15, 0.2) is 0 Å². The molecule has 2 nitrogen and oxygen atoms in total. The van der Waals surface area contributed by atoms with Crippen LogP contribution in [0.3, 0.4) is 0 Å². The van der Waals surface area contributed by atoms with Crippen LogP contribution in [0.4, 0.5) is 8.78 Å². The molecule has 0 aromatic heterocycles. The highest BCUT2D eigenvalue weighted by Crippen LogP contribution is 2.26. The number of hydrogen-bond acceptors (Lipinski definition) is 2. The first-order valence-electron chi connectivity index (χ1n) is 6.76. The van der Waals surface area contributed by atoms with Crippen molar-refractivity contribution in [2.75, 3.05) is 19.6 Å². The van der Waals surface area contributed by atoms with Crippen molar-refractivity contribution in [3.63, 3.8) is 0 Å². The molecule has 1 aromatic rings. The van der Waals surface area contributed by atoms with Crippen LogP contribution in [0.1, 0.15) is 26.3 Å². The van der Waals surface area contributed by atoms with E-state index in [1.54, 1.807) is 0 Å². The monoisotopic (exact) mass is 268 g/mol. The van der Waals surface area contributed by atoms with E-state index >= 15 is 0 Å². The van der Waals surface area contributed by atoms with Crippen molar-refractivity contribution in [2.45, 2.75) is 33.4 Å². The summed E-state index contributed by atoms with van der Waals surface area (Å²) in [6, 6.07) is 4.13. The highest BCUT2D eigenvalue weighted by Gasteiger charge is 2.32. The Bertz CT molecular complexity index is 420. The van der Waals surface area contributed by atoms with Gasteiger partial charge in [-0.1, -0.05) is 20.8 Å². The molecule has 1 aromatic carbocycles. The van der Waals surface area contributed by atoms with Gasteiger partial charge < -0.3 is 5.32 Å². The summed E-state index contributed by atoms with van der Waals surface area (Å²) in [5, 5.41) is 3.39. The average Bonchev–Trinajstić information content (AvgIpc) is 2.26. The predicted molar refractivity (Wildman–Crippen MR) is 72.9 cm³/mol. The minimum absolute atomic E-state index is 0.138. The first kappa shape index (κ1) is 14.4. The fourth-order valence-electron chi connectivity index (χ4n) is 2.73. The zero-order chi connectivity index (χ0) is 14.0. The summed E-state index contributed by atoms with van der Waals surface area (Å²) in [6.45, 7) is 9.93. The van der Waals surface area contributed by atoms with Crippen LogP contribution in [0.2, 0.25) is 0 Å². The Labute approximate surface area is 113 Å². The van der Waals surface area contributed by atoms with Crippen LogP contribution in [-0.4, -0.2) is 30.6 Å². The molecule has 4 heteroatoms. The molecule has 1 N–H and O–H groups in total. The minimum atomic E-state index is -0.502. The lowest BCUT2D eigenvalue weighted by atomic mass is 9.84. The van der Waals surface area contributed by atoms with E-state index < -0.39 is 11.6 Å². The molecule has 1 heterocycles. The van der Waals surface area contributed by atoms with Crippen LogP contribution in [0.5, 0.6) is 0 Å². The molecule has 19 heavy (non-hydrogen) atoms. The van der Waals surface area contributed by atoms with Crippen molar-refractivity contribution in [3.05, 3.63) is 35.4 Å². The van der Waals surface area contributed by atoms with E-state index in [2.05, 4.69) is 31.0 Å². The van der Waals surface area contributed by atoms with Crippen molar-refractivity contribution in [3.8, 4) is 0 Å². The Morgan fingerprint density at radius 2 is 1.84 bits per heavy atom. The highest BCUT2D eigenvalue weighted by atomic mass is 19.1. The second kappa shape index (κ2) is 5.55. The third-order valence-corrected chi connectivity index (χ3v) is 3.66. The molecule has 0 spiro atoms. The molecule has 0 saturated carbocycles. The SMILES string of the molecule is CC(C)(C)C1CNCCN1Cc1cc(F)cc(F)c1. The van der Waals surface area contributed by atoms with Gasteiger partial charge in [-0.25, -0.2) is 8.78 Å². The molecular formula is C15H22F2N2. The Balaban J connectivity index is 2.15. The van der Waals surface area contributed by atoms with E-state index in [0.29, 0.717) is 18.2 Å². The lowest BCUT2D eigenvalue weighted by Crippen LogP contribution is -2.56. The van der Waals surface area contributed by atoms with Crippen LogP contribution < -0.4 is 5.32 Å². The van der Waals surface area contributed by atoms with Crippen molar-refractivity contribution in [2.24, 2.45) is 5.41 Å². The fourth-order valence-corrected chi connectivity index (χ4v) is 2.73. The molecule has 1 fully saturated rings. The van der Waals surface area contributed by atoms with Crippen molar-refractivity contribution in [1.29, 1.82) is 0 Å². The van der Waals surface area contributed by atoms with E-state index in [4.69, 9.17) is 0 Å². The third-order valence-electron chi connectivity index (χ3n) is 3.66. The van der Waals surface area contributed by atoms with Crippen molar-refractivity contribution < 1.29 is 8.78 Å². The van der Waals surface area contributed by atoms with Gasteiger partial charge in [0.25, 0.3) is 0 Å². The Morgan fingerprint density at radius 3 is 2.42 bits per heavy atom. The predicted octanol–water partition coefficient (Wildman–Crippen LogP) is 2.78. The van der Waals surface area contributed by atoms with Crippen LogP contribution in [-0.2, 0) is 6.54 Å². The van der Waals surface area contributed by atoms with E-state index in [0.717, 1.165) is 25.7 Å². The topological polar surface area (TPSA) is 15.3 Å². The molecule has 0 aliphatic carbocycles. The minimum Gasteiger partial charge on any atom is -0.314 e. The van der Waals surface area contributed by atoms with Crippen LogP contribution in [0.15, 0.2) is 18.2 Å². The van der Waals surface area contributed by atoms with Gasteiger partial charge in [-0.05, 0) is 23.1 Å². The second-order valence-corrected chi connectivity index (χ2v) is 6.33. The highest BCUT2D eigenvalue weighted by molar-refractivity contribution is 5.18. The van der Waals surface area contributed by atoms with Gasteiger partial charge in [0.1, 0.15) is 11.6 Å². The molecule has 1 saturated heterocycles. The van der Waals surface area contributed by atoms with Crippen LogP contribution >= 0.6 is 0 Å². The summed E-state index contributed by atoms with van der Waals surface area (Å²) in [5.41, 5.74) is 0.841. The lowest BCUT2D eigenvalue weighted by Gasteiger charge is -2.43. The summed E-state index contributed by atoms with van der Waals surface area (Å²) < 4.78 is 26.5. The Hall–Kier alpha value is -1.00. The van der Waals surface area contributed by atoms with Crippen LogP contribution in [0.25, 0.3) is 0 Å².